The number of aliphatic hydroxyl groups excluding tert-OH is 1. The zero-order chi connectivity index (χ0) is 27.2. The first-order valence-corrected chi connectivity index (χ1v) is 13.9. The molecule has 0 aliphatic carbocycles. The quantitative estimate of drug-likeness (QED) is 0.288. The van der Waals surface area contributed by atoms with E-state index in [1.54, 1.807) is 18.1 Å². The van der Waals surface area contributed by atoms with E-state index in [0.717, 1.165) is 38.5 Å². The third kappa shape index (κ3) is 6.75. The number of thioether (sulfide) groups is 1. The van der Waals surface area contributed by atoms with E-state index >= 15 is 0 Å². The Morgan fingerprint density at radius 2 is 1.79 bits per heavy atom. The molecule has 9 heteroatoms. The summed E-state index contributed by atoms with van der Waals surface area (Å²) >= 11 is 1.61. The van der Waals surface area contributed by atoms with Gasteiger partial charge in [0.1, 0.15) is 6.33 Å². The van der Waals surface area contributed by atoms with Gasteiger partial charge in [0.2, 0.25) is 5.91 Å². The topological polar surface area (TPSA) is 98.5 Å². The van der Waals surface area contributed by atoms with E-state index in [0.29, 0.717) is 18.7 Å². The molecule has 39 heavy (non-hydrogen) atoms. The monoisotopic (exact) mass is 544 g/mol. The van der Waals surface area contributed by atoms with Crippen molar-refractivity contribution in [2.24, 2.45) is 7.05 Å². The molecule has 1 aliphatic heterocycles. The average Bonchev–Trinajstić information content (AvgIpc) is 3.39. The fourth-order valence-electron chi connectivity index (χ4n) is 4.59. The summed E-state index contributed by atoms with van der Waals surface area (Å²) in [5.41, 5.74) is 6.04. The number of aromatic nitrogens is 3. The summed E-state index contributed by atoms with van der Waals surface area (Å²) in [7, 11) is 1.93. The van der Waals surface area contributed by atoms with Crippen molar-refractivity contribution in [2.75, 3.05) is 5.75 Å². The zero-order valence-corrected chi connectivity index (χ0v) is 22.8. The van der Waals surface area contributed by atoms with Crippen molar-refractivity contribution in [1.29, 1.82) is 0 Å². The Labute approximate surface area is 232 Å². The summed E-state index contributed by atoms with van der Waals surface area (Å²) in [6, 6.07) is 24.2. The Morgan fingerprint density at radius 1 is 1.05 bits per heavy atom. The smallest absolute Gasteiger partial charge is 0.217 e. The van der Waals surface area contributed by atoms with Crippen molar-refractivity contribution in [3.63, 3.8) is 0 Å². The van der Waals surface area contributed by atoms with Crippen LogP contribution in [0.2, 0.25) is 0 Å². The lowest BCUT2D eigenvalue weighted by atomic mass is 9.98. The molecule has 1 aliphatic rings. The minimum absolute atomic E-state index is 0.00873. The number of hydrogen-bond acceptors (Lipinski definition) is 7. The van der Waals surface area contributed by atoms with Gasteiger partial charge in [-0.2, -0.15) is 0 Å². The van der Waals surface area contributed by atoms with Crippen LogP contribution >= 0.6 is 11.8 Å². The van der Waals surface area contributed by atoms with Gasteiger partial charge >= 0.3 is 0 Å². The molecule has 3 aromatic carbocycles. The van der Waals surface area contributed by atoms with Gasteiger partial charge in [0.05, 0.1) is 18.8 Å². The van der Waals surface area contributed by atoms with E-state index in [-0.39, 0.29) is 24.7 Å². The highest BCUT2D eigenvalue weighted by atomic mass is 32.2. The maximum absolute atomic E-state index is 11.4. The Morgan fingerprint density at radius 3 is 2.49 bits per heavy atom. The Kier molecular flexibility index (Phi) is 8.73. The van der Waals surface area contributed by atoms with E-state index in [1.807, 2.05) is 66.2 Å². The summed E-state index contributed by atoms with van der Waals surface area (Å²) in [6.45, 7) is 2.01. The number of amides is 1. The standard InChI is InChI=1S/C30H32N4O4S/c1-20(36)31-16-25-5-3-4-6-27(25)22-11-13-24(14-12-22)29-37-26(18-39-30-33-32-19-34(30)2)15-28(38-29)23-9-7-21(17-35)8-10-23/h3-14,19,26,28-29,35H,15-18H2,1-2H3,(H,31,36)/t26-,28+,29+/m0/s1. The van der Waals surface area contributed by atoms with Crippen molar-refractivity contribution >= 4 is 17.7 Å². The SMILES string of the molecule is CC(=O)NCc1ccccc1-c1ccc([C@@H]2O[C@H](CSc3nncn3C)C[C@H](c3ccc(CO)cc3)O2)cc1. The normalized spacial score (nSPS) is 19.1. The van der Waals surface area contributed by atoms with Gasteiger partial charge in [-0.25, -0.2) is 0 Å². The third-order valence-corrected chi connectivity index (χ3v) is 7.89. The number of ether oxygens (including phenoxy) is 2. The van der Waals surface area contributed by atoms with Crippen LogP contribution in [0.15, 0.2) is 84.3 Å². The first-order chi connectivity index (χ1) is 19.0. The summed E-state index contributed by atoms with van der Waals surface area (Å²) in [5.74, 6) is 0.658. The number of hydrogen-bond donors (Lipinski definition) is 2. The third-order valence-electron chi connectivity index (χ3n) is 6.72. The Hall–Kier alpha value is -3.50. The van der Waals surface area contributed by atoms with Crippen LogP contribution in [0.3, 0.4) is 0 Å². The molecule has 2 heterocycles. The highest BCUT2D eigenvalue weighted by Gasteiger charge is 2.32. The van der Waals surface area contributed by atoms with Crippen molar-refractivity contribution in [3.05, 3.63) is 101 Å². The molecule has 2 N–H and O–H groups in total. The highest BCUT2D eigenvalue weighted by molar-refractivity contribution is 7.99. The molecule has 8 nitrogen and oxygen atoms in total. The summed E-state index contributed by atoms with van der Waals surface area (Å²) in [5, 5.41) is 21.3. The Bertz CT molecular complexity index is 1390. The van der Waals surface area contributed by atoms with E-state index in [4.69, 9.17) is 9.47 Å². The molecule has 4 aromatic rings. The zero-order valence-electron chi connectivity index (χ0n) is 22.0. The maximum Gasteiger partial charge on any atom is 0.217 e. The molecule has 0 unspecified atom stereocenters. The molecule has 1 fully saturated rings. The van der Waals surface area contributed by atoms with Gasteiger partial charge in [-0.05, 0) is 27.8 Å². The minimum atomic E-state index is -0.532. The van der Waals surface area contributed by atoms with Gasteiger partial charge in [-0.1, -0.05) is 84.6 Å². The van der Waals surface area contributed by atoms with E-state index in [2.05, 4.69) is 33.7 Å². The summed E-state index contributed by atoms with van der Waals surface area (Å²) in [6.07, 6.45) is 1.65. The lowest BCUT2D eigenvalue weighted by Crippen LogP contribution is -2.31. The fraction of sp³-hybridized carbons (Fsp3) is 0.300. The van der Waals surface area contributed by atoms with Gasteiger partial charge in [0.25, 0.3) is 0 Å². The molecule has 5 rings (SSSR count). The van der Waals surface area contributed by atoms with Crippen LogP contribution in [-0.2, 0) is 34.5 Å². The van der Waals surface area contributed by atoms with Crippen LogP contribution in [0.4, 0.5) is 0 Å². The fourth-order valence-corrected chi connectivity index (χ4v) is 5.49. The maximum atomic E-state index is 11.4. The summed E-state index contributed by atoms with van der Waals surface area (Å²) < 4.78 is 14.8. The summed E-state index contributed by atoms with van der Waals surface area (Å²) in [4.78, 5) is 11.4. The first kappa shape index (κ1) is 27.1. The van der Waals surface area contributed by atoms with E-state index < -0.39 is 6.29 Å². The molecule has 1 saturated heterocycles. The minimum Gasteiger partial charge on any atom is -0.392 e. The number of nitrogens with zero attached hydrogens (tertiary/aromatic N) is 3. The van der Waals surface area contributed by atoms with Crippen LogP contribution < -0.4 is 5.32 Å². The number of aliphatic hydroxyl groups is 1. The first-order valence-electron chi connectivity index (χ1n) is 12.9. The van der Waals surface area contributed by atoms with Crippen LogP contribution in [-0.4, -0.2) is 37.6 Å². The molecule has 0 spiro atoms. The second-order valence-electron chi connectivity index (χ2n) is 9.57. The number of rotatable bonds is 9. The van der Waals surface area contributed by atoms with Gasteiger partial charge in [-0.15, -0.1) is 10.2 Å². The average molecular weight is 545 g/mol. The van der Waals surface area contributed by atoms with Crippen molar-refractivity contribution in [1.82, 2.24) is 20.1 Å². The number of benzene rings is 3. The molecule has 0 radical (unpaired) electrons. The predicted octanol–water partition coefficient (Wildman–Crippen LogP) is 4.95. The predicted molar refractivity (Wildman–Crippen MR) is 150 cm³/mol. The van der Waals surface area contributed by atoms with Crippen molar-refractivity contribution < 1.29 is 19.4 Å². The van der Waals surface area contributed by atoms with Crippen LogP contribution in [0, 0.1) is 0 Å². The number of nitrogens with one attached hydrogen (secondary N) is 1. The van der Waals surface area contributed by atoms with Crippen LogP contribution in [0.25, 0.3) is 11.1 Å². The van der Waals surface area contributed by atoms with Gasteiger partial charge in [-0.3, -0.25) is 4.79 Å². The van der Waals surface area contributed by atoms with Crippen LogP contribution in [0.5, 0.6) is 0 Å². The molecular formula is C30H32N4O4S. The van der Waals surface area contributed by atoms with Gasteiger partial charge in [0.15, 0.2) is 11.4 Å². The molecule has 1 aromatic heterocycles. The lowest BCUT2D eigenvalue weighted by Gasteiger charge is -2.36. The lowest BCUT2D eigenvalue weighted by molar-refractivity contribution is -0.245. The molecule has 1 amide bonds. The van der Waals surface area contributed by atoms with Gasteiger partial charge < -0.3 is 24.5 Å². The number of carbonyl (C=O) groups is 1. The van der Waals surface area contributed by atoms with Crippen molar-refractivity contribution in [2.45, 2.75) is 50.2 Å². The second kappa shape index (κ2) is 12.6. The molecular weight excluding hydrogens is 512 g/mol. The van der Waals surface area contributed by atoms with E-state index in [1.165, 1.54) is 6.92 Å². The highest BCUT2D eigenvalue weighted by Crippen LogP contribution is 2.39. The number of aryl methyl sites for hydroxylation is 1. The second-order valence-corrected chi connectivity index (χ2v) is 10.6. The van der Waals surface area contributed by atoms with Crippen LogP contribution in [0.1, 0.15) is 48.0 Å². The van der Waals surface area contributed by atoms with E-state index in [9.17, 15) is 9.90 Å². The molecule has 3 atom stereocenters. The largest absolute Gasteiger partial charge is 0.392 e. The molecule has 202 valence electrons. The van der Waals surface area contributed by atoms with Crippen molar-refractivity contribution in [3.8, 4) is 11.1 Å². The molecule has 0 bridgehead atoms. The Balaban J connectivity index is 1.36. The van der Waals surface area contributed by atoms with Gasteiger partial charge in [0, 0.05) is 38.3 Å². The molecule has 0 saturated carbocycles. The number of carbonyl (C=O) groups excluding carboxylic acids is 1.